The zero-order chi connectivity index (χ0) is 9.42. The van der Waals surface area contributed by atoms with Gasteiger partial charge in [-0.15, -0.1) is 0 Å². The van der Waals surface area contributed by atoms with Gasteiger partial charge in [-0.3, -0.25) is 4.68 Å². The van der Waals surface area contributed by atoms with E-state index >= 15 is 0 Å². The van der Waals surface area contributed by atoms with Crippen LogP contribution in [-0.2, 0) is 0 Å². The standard InChI is InChI=1S/C10H17N3/c1-7-3-4-8(2)13(7)12-10-5-9(11)6-10/h3-4,9-10,12H,5-6,11H2,1-2H3. The molecule has 2 rings (SSSR count). The van der Waals surface area contributed by atoms with E-state index in [4.69, 9.17) is 5.73 Å². The van der Waals surface area contributed by atoms with Crippen LogP contribution >= 0.6 is 0 Å². The number of nitrogens with two attached hydrogens (primary N) is 1. The largest absolute Gasteiger partial charge is 0.328 e. The van der Waals surface area contributed by atoms with Crippen molar-refractivity contribution >= 4 is 0 Å². The Balaban J connectivity index is 2.01. The van der Waals surface area contributed by atoms with E-state index in [1.165, 1.54) is 11.4 Å². The second kappa shape index (κ2) is 3.07. The van der Waals surface area contributed by atoms with Crippen LogP contribution in [0.5, 0.6) is 0 Å². The molecule has 0 radical (unpaired) electrons. The Hall–Kier alpha value is -0.960. The lowest BCUT2D eigenvalue weighted by Gasteiger charge is -2.34. The van der Waals surface area contributed by atoms with Crippen molar-refractivity contribution in [3.63, 3.8) is 0 Å². The van der Waals surface area contributed by atoms with Gasteiger partial charge in [-0.2, -0.15) is 0 Å². The van der Waals surface area contributed by atoms with Crippen molar-refractivity contribution in [2.45, 2.75) is 38.8 Å². The number of nitrogens with zero attached hydrogens (tertiary/aromatic N) is 1. The maximum Gasteiger partial charge on any atom is 0.0454 e. The van der Waals surface area contributed by atoms with Crippen LogP contribution in [0.4, 0.5) is 0 Å². The Morgan fingerprint density at radius 3 is 2.31 bits per heavy atom. The number of nitrogens with one attached hydrogen (secondary N) is 1. The third kappa shape index (κ3) is 1.56. The molecule has 1 aromatic heterocycles. The maximum absolute atomic E-state index is 5.72. The molecule has 13 heavy (non-hydrogen) atoms. The molecule has 1 aromatic rings. The number of hydrogen-bond donors (Lipinski definition) is 2. The predicted molar refractivity (Wildman–Crippen MR) is 54.3 cm³/mol. The van der Waals surface area contributed by atoms with Crippen LogP contribution in [0.2, 0.25) is 0 Å². The van der Waals surface area contributed by atoms with E-state index < -0.39 is 0 Å². The first-order valence-corrected chi connectivity index (χ1v) is 4.84. The van der Waals surface area contributed by atoms with Gasteiger partial charge >= 0.3 is 0 Å². The lowest BCUT2D eigenvalue weighted by molar-refractivity contribution is 0.350. The first-order chi connectivity index (χ1) is 6.16. The Morgan fingerprint density at radius 2 is 1.85 bits per heavy atom. The molecule has 0 saturated heterocycles. The lowest BCUT2D eigenvalue weighted by Crippen LogP contribution is -2.47. The summed E-state index contributed by atoms with van der Waals surface area (Å²) in [6.07, 6.45) is 2.19. The van der Waals surface area contributed by atoms with Gasteiger partial charge in [0.15, 0.2) is 0 Å². The number of aryl methyl sites for hydroxylation is 2. The molecular formula is C10H17N3. The van der Waals surface area contributed by atoms with Gasteiger partial charge in [-0.25, -0.2) is 0 Å². The van der Waals surface area contributed by atoms with Gasteiger partial charge in [-0.05, 0) is 38.8 Å². The van der Waals surface area contributed by atoms with Crippen molar-refractivity contribution < 1.29 is 0 Å². The molecule has 0 unspecified atom stereocenters. The van der Waals surface area contributed by atoms with Crippen LogP contribution in [0.15, 0.2) is 12.1 Å². The summed E-state index contributed by atoms with van der Waals surface area (Å²) >= 11 is 0. The molecule has 0 amide bonds. The molecule has 3 heteroatoms. The normalized spacial score (nSPS) is 27.0. The summed E-state index contributed by atoms with van der Waals surface area (Å²) in [7, 11) is 0. The first kappa shape index (κ1) is 8.63. The van der Waals surface area contributed by atoms with Gasteiger partial charge in [-0.1, -0.05) is 0 Å². The van der Waals surface area contributed by atoms with Crippen molar-refractivity contribution in [2.75, 3.05) is 5.43 Å². The topological polar surface area (TPSA) is 43.0 Å². The van der Waals surface area contributed by atoms with Gasteiger partial charge in [0.2, 0.25) is 0 Å². The molecule has 3 nitrogen and oxygen atoms in total. The van der Waals surface area contributed by atoms with Crippen LogP contribution < -0.4 is 11.2 Å². The zero-order valence-electron chi connectivity index (χ0n) is 8.25. The van der Waals surface area contributed by atoms with Gasteiger partial charge in [0, 0.05) is 23.5 Å². The van der Waals surface area contributed by atoms with Crippen molar-refractivity contribution in [1.29, 1.82) is 0 Å². The fourth-order valence-electron chi connectivity index (χ4n) is 1.82. The van der Waals surface area contributed by atoms with Crippen molar-refractivity contribution in [3.8, 4) is 0 Å². The average molecular weight is 179 g/mol. The van der Waals surface area contributed by atoms with Crippen molar-refractivity contribution in [3.05, 3.63) is 23.5 Å². The van der Waals surface area contributed by atoms with Crippen LogP contribution in [0.3, 0.4) is 0 Å². The SMILES string of the molecule is Cc1ccc(C)n1NC1CC(N)C1. The summed E-state index contributed by atoms with van der Waals surface area (Å²) in [5.41, 5.74) is 11.7. The number of hydrogen-bond acceptors (Lipinski definition) is 2. The van der Waals surface area contributed by atoms with Crippen LogP contribution in [0.25, 0.3) is 0 Å². The molecular weight excluding hydrogens is 162 g/mol. The molecule has 0 bridgehead atoms. The molecule has 1 fully saturated rings. The third-order valence-corrected chi connectivity index (χ3v) is 2.76. The van der Waals surface area contributed by atoms with E-state index in [2.05, 4.69) is 36.1 Å². The van der Waals surface area contributed by atoms with Crippen LogP contribution in [0.1, 0.15) is 24.2 Å². The van der Waals surface area contributed by atoms with Gasteiger partial charge in [0.25, 0.3) is 0 Å². The highest BCUT2D eigenvalue weighted by Crippen LogP contribution is 2.19. The molecule has 0 spiro atoms. The molecule has 1 saturated carbocycles. The Morgan fingerprint density at radius 1 is 1.31 bits per heavy atom. The van der Waals surface area contributed by atoms with Gasteiger partial charge in [0.1, 0.15) is 0 Å². The first-order valence-electron chi connectivity index (χ1n) is 4.84. The summed E-state index contributed by atoms with van der Waals surface area (Å²) in [5.74, 6) is 0. The number of aromatic nitrogens is 1. The van der Waals surface area contributed by atoms with Gasteiger partial charge in [0.05, 0.1) is 0 Å². The monoisotopic (exact) mass is 179 g/mol. The van der Waals surface area contributed by atoms with Crippen molar-refractivity contribution in [1.82, 2.24) is 4.68 Å². The summed E-state index contributed by atoms with van der Waals surface area (Å²) in [6, 6.07) is 5.23. The fourth-order valence-corrected chi connectivity index (χ4v) is 1.82. The zero-order valence-corrected chi connectivity index (χ0v) is 8.25. The fraction of sp³-hybridized carbons (Fsp3) is 0.600. The van der Waals surface area contributed by atoms with E-state index in [-0.39, 0.29) is 0 Å². The van der Waals surface area contributed by atoms with Crippen LogP contribution in [-0.4, -0.2) is 16.8 Å². The van der Waals surface area contributed by atoms with E-state index in [1.54, 1.807) is 0 Å². The summed E-state index contributed by atoms with van der Waals surface area (Å²) in [6.45, 7) is 4.22. The van der Waals surface area contributed by atoms with Crippen LogP contribution in [0, 0.1) is 13.8 Å². The average Bonchev–Trinajstić information content (AvgIpc) is 2.32. The van der Waals surface area contributed by atoms with E-state index in [1.807, 2.05) is 0 Å². The molecule has 1 aliphatic carbocycles. The van der Waals surface area contributed by atoms with E-state index in [0.717, 1.165) is 12.8 Å². The second-order valence-corrected chi connectivity index (χ2v) is 4.01. The Labute approximate surface area is 78.9 Å². The molecule has 72 valence electrons. The quantitative estimate of drug-likeness (QED) is 0.715. The highest BCUT2D eigenvalue weighted by molar-refractivity contribution is 5.16. The number of rotatable bonds is 2. The predicted octanol–water partition coefficient (Wildman–Crippen LogP) is 1.14. The Bertz CT molecular complexity index is 278. The van der Waals surface area contributed by atoms with Crippen molar-refractivity contribution in [2.24, 2.45) is 5.73 Å². The Kier molecular flexibility index (Phi) is 2.04. The maximum atomic E-state index is 5.72. The molecule has 1 aliphatic rings. The molecule has 0 atom stereocenters. The van der Waals surface area contributed by atoms with E-state index in [0.29, 0.717) is 12.1 Å². The molecule has 3 N–H and O–H groups in total. The van der Waals surface area contributed by atoms with E-state index in [9.17, 15) is 0 Å². The minimum Gasteiger partial charge on any atom is -0.328 e. The summed E-state index contributed by atoms with van der Waals surface area (Å²) < 4.78 is 2.15. The lowest BCUT2D eigenvalue weighted by atomic mass is 9.88. The summed E-state index contributed by atoms with van der Waals surface area (Å²) in [5, 5.41) is 0. The highest BCUT2D eigenvalue weighted by atomic mass is 15.4. The minimum atomic E-state index is 0.411. The summed E-state index contributed by atoms with van der Waals surface area (Å²) in [4.78, 5) is 0. The highest BCUT2D eigenvalue weighted by Gasteiger charge is 2.26. The molecule has 0 aromatic carbocycles. The smallest absolute Gasteiger partial charge is 0.0454 e. The van der Waals surface area contributed by atoms with Gasteiger partial charge < -0.3 is 11.2 Å². The molecule has 1 heterocycles. The second-order valence-electron chi connectivity index (χ2n) is 4.01. The minimum absolute atomic E-state index is 0.411. The third-order valence-electron chi connectivity index (χ3n) is 2.76. The molecule has 0 aliphatic heterocycles.